The predicted molar refractivity (Wildman–Crippen MR) is 78.6 cm³/mol. The molecule has 0 spiro atoms. The molecule has 2 aromatic heterocycles. The van der Waals surface area contributed by atoms with Gasteiger partial charge in [0.15, 0.2) is 0 Å². The minimum absolute atomic E-state index is 0.287. The molecule has 0 amide bonds. The van der Waals surface area contributed by atoms with Gasteiger partial charge in [-0.1, -0.05) is 24.3 Å². The quantitative estimate of drug-likeness (QED) is 0.791. The zero-order valence-electron chi connectivity index (χ0n) is 11.2. The fourth-order valence-electron chi connectivity index (χ4n) is 2.27. The Balaban J connectivity index is 2.05. The fraction of sp³-hybridized carbons (Fsp3) is 0.125. The molecule has 0 fully saturated rings. The third-order valence-corrected chi connectivity index (χ3v) is 3.32. The van der Waals surface area contributed by atoms with E-state index in [0.717, 1.165) is 22.0 Å². The molecule has 0 saturated heterocycles. The third-order valence-electron chi connectivity index (χ3n) is 3.32. The van der Waals surface area contributed by atoms with Crippen LogP contribution in [0.2, 0.25) is 0 Å². The van der Waals surface area contributed by atoms with Gasteiger partial charge in [0.05, 0.1) is 18.7 Å². The molecule has 0 saturated carbocycles. The van der Waals surface area contributed by atoms with Crippen molar-refractivity contribution >= 4 is 10.9 Å². The molecule has 4 nitrogen and oxygen atoms in total. The average molecular weight is 265 g/mol. The maximum atomic E-state index is 6.34. The van der Waals surface area contributed by atoms with Gasteiger partial charge in [-0.05, 0) is 23.8 Å². The number of methoxy groups -OCH3 is 1. The molecule has 0 aliphatic rings. The summed E-state index contributed by atoms with van der Waals surface area (Å²) in [6.45, 7) is 0. The Hall–Kier alpha value is -2.46. The number of ether oxygens (including phenoxy) is 1. The first kappa shape index (κ1) is 12.6. The van der Waals surface area contributed by atoms with Crippen LogP contribution in [-0.4, -0.2) is 17.1 Å². The van der Waals surface area contributed by atoms with E-state index in [1.54, 1.807) is 19.5 Å². The number of pyridine rings is 2. The van der Waals surface area contributed by atoms with Crippen LogP contribution in [-0.2, 0) is 0 Å². The van der Waals surface area contributed by atoms with E-state index in [9.17, 15) is 0 Å². The third kappa shape index (κ3) is 2.21. The molecule has 2 N–H and O–H groups in total. The van der Waals surface area contributed by atoms with Crippen LogP contribution in [0.1, 0.15) is 17.2 Å². The highest BCUT2D eigenvalue weighted by atomic mass is 16.5. The van der Waals surface area contributed by atoms with Crippen molar-refractivity contribution in [2.24, 2.45) is 5.73 Å². The number of fused-ring (bicyclic) bond motifs is 1. The topological polar surface area (TPSA) is 61.0 Å². The van der Waals surface area contributed by atoms with Gasteiger partial charge >= 0.3 is 0 Å². The van der Waals surface area contributed by atoms with E-state index >= 15 is 0 Å². The fourth-order valence-corrected chi connectivity index (χ4v) is 2.27. The molecule has 0 radical (unpaired) electrons. The molecule has 0 bridgehead atoms. The summed E-state index contributed by atoms with van der Waals surface area (Å²) >= 11 is 0. The number of hydrogen-bond donors (Lipinski definition) is 1. The largest absolute Gasteiger partial charge is 0.481 e. The van der Waals surface area contributed by atoms with E-state index in [-0.39, 0.29) is 6.04 Å². The Bertz CT molecular complexity index is 742. The lowest BCUT2D eigenvalue weighted by molar-refractivity contribution is 0.390. The van der Waals surface area contributed by atoms with Crippen molar-refractivity contribution in [2.75, 3.05) is 7.11 Å². The Morgan fingerprint density at radius 2 is 1.85 bits per heavy atom. The normalized spacial score (nSPS) is 12.3. The molecule has 20 heavy (non-hydrogen) atoms. The second-order valence-corrected chi connectivity index (χ2v) is 4.54. The van der Waals surface area contributed by atoms with Crippen LogP contribution < -0.4 is 10.5 Å². The van der Waals surface area contributed by atoms with Gasteiger partial charge in [0.25, 0.3) is 0 Å². The number of aromatic nitrogens is 2. The molecule has 1 atom stereocenters. The van der Waals surface area contributed by atoms with Gasteiger partial charge in [0.1, 0.15) is 0 Å². The van der Waals surface area contributed by atoms with E-state index in [2.05, 4.69) is 9.97 Å². The van der Waals surface area contributed by atoms with Crippen LogP contribution >= 0.6 is 0 Å². The highest BCUT2D eigenvalue weighted by Gasteiger charge is 2.15. The van der Waals surface area contributed by atoms with Gasteiger partial charge in [0.2, 0.25) is 5.88 Å². The first-order valence-electron chi connectivity index (χ1n) is 6.39. The summed E-state index contributed by atoms with van der Waals surface area (Å²) in [6, 6.07) is 13.5. The highest BCUT2D eigenvalue weighted by molar-refractivity contribution is 5.79. The lowest BCUT2D eigenvalue weighted by Crippen LogP contribution is -2.13. The molecule has 3 aromatic rings. The number of rotatable bonds is 3. The van der Waals surface area contributed by atoms with E-state index in [0.29, 0.717) is 5.88 Å². The Morgan fingerprint density at radius 3 is 2.70 bits per heavy atom. The van der Waals surface area contributed by atoms with E-state index in [4.69, 9.17) is 10.5 Å². The molecule has 0 aliphatic heterocycles. The lowest BCUT2D eigenvalue weighted by atomic mass is 9.99. The highest BCUT2D eigenvalue weighted by Crippen LogP contribution is 2.27. The van der Waals surface area contributed by atoms with Crippen molar-refractivity contribution in [3.63, 3.8) is 0 Å². The van der Waals surface area contributed by atoms with Crippen molar-refractivity contribution < 1.29 is 4.74 Å². The minimum atomic E-state index is -0.287. The molecule has 3 rings (SSSR count). The van der Waals surface area contributed by atoms with Crippen molar-refractivity contribution in [2.45, 2.75) is 6.04 Å². The van der Waals surface area contributed by atoms with Crippen molar-refractivity contribution in [3.05, 3.63) is 66.0 Å². The first-order valence-corrected chi connectivity index (χ1v) is 6.39. The second kappa shape index (κ2) is 5.27. The molecule has 4 heteroatoms. The average Bonchev–Trinajstić information content (AvgIpc) is 2.53. The summed E-state index contributed by atoms with van der Waals surface area (Å²) in [6.07, 6.45) is 3.47. The first-order chi connectivity index (χ1) is 9.79. The van der Waals surface area contributed by atoms with Crippen LogP contribution in [0.25, 0.3) is 10.9 Å². The maximum absolute atomic E-state index is 6.34. The van der Waals surface area contributed by atoms with Crippen LogP contribution in [0.5, 0.6) is 5.88 Å². The van der Waals surface area contributed by atoms with Gasteiger partial charge in [-0.15, -0.1) is 0 Å². The predicted octanol–water partition coefficient (Wildman–Crippen LogP) is 2.69. The molecule has 2 heterocycles. The smallest absolute Gasteiger partial charge is 0.218 e. The van der Waals surface area contributed by atoms with Crippen molar-refractivity contribution in [1.82, 2.24) is 9.97 Å². The summed E-state index contributed by atoms with van der Waals surface area (Å²) in [5.41, 5.74) is 9.12. The zero-order valence-corrected chi connectivity index (χ0v) is 11.2. The van der Waals surface area contributed by atoms with E-state index in [1.807, 2.05) is 42.5 Å². The Kier molecular flexibility index (Phi) is 3.31. The van der Waals surface area contributed by atoms with Gasteiger partial charge in [-0.2, -0.15) is 0 Å². The van der Waals surface area contributed by atoms with E-state index < -0.39 is 0 Å². The summed E-state index contributed by atoms with van der Waals surface area (Å²) in [4.78, 5) is 8.55. The molecule has 100 valence electrons. The SMILES string of the molecule is COc1ncccc1C(N)c1ccc2cccnc2c1. The molecule has 0 aliphatic carbocycles. The maximum Gasteiger partial charge on any atom is 0.218 e. The van der Waals surface area contributed by atoms with Gasteiger partial charge in [0, 0.05) is 23.3 Å². The summed E-state index contributed by atoms with van der Waals surface area (Å²) in [5.74, 6) is 0.557. The number of benzene rings is 1. The Morgan fingerprint density at radius 1 is 1.05 bits per heavy atom. The molecular formula is C16H15N3O. The minimum Gasteiger partial charge on any atom is -0.481 e. The summed E-state index contributed by atoms with van der Waals surface area (Å²) in [7, 11) is 1.60. The van der Waals surface area contributed by atoms with Crippen LogP contribution in [0.15, 0.2) is 54.9 Å². The monoisotopic (exact) mass is 265 g/mol. The standard InChI is InChI=1S/C16H15N3O/c1-20-16-13(5-3-9-19-16)15(17)12-7-6-11-4-2-8-18-14(11)10-12/h2-10,15H,17H2,1H3. The molecule has 1 unspecified atom stereocenters. The summed E-state index contributed by atoms with van der Waals surface area (Å²) < 4.78 is 5.27. The van der Waals surface area contributed by atoms with Gasteiger partial charge in [-0.3, -0.25) is 4.98 Å². The van der Waals surface area contributed by atoms with E-state index in [1.165, 1.54) is 0 Å². The number of nitrogens with zero attached hydrogens (tertiary/aromatic N) is 2. The van der Waals surface area contributed by atoms with Crippen molar-refractivity contribution in [1.29, 1.82) is 0 Å². The number of hydrogen-bond acceptors (Lipinski definition) is 4. The second-order valence-electron chi connectivity index (χ2n) is 4.54. The lowest BCUT2D eigenvalue weighted by Gasteiger charge is -2.15. The Labute approximate surface area is 117 Å². The zero-order chi connectivity index (χ0) is 13.9. The van der Waals surface area contributed by atoms with Gasteiger partial charge < -0.3 is 10.5 Å². The van der Waals surface area contributed by atoms with Gasteiger partial charge in [-0.25, -0.2) is 4.98 Å². The van der Waals surface area contributed by atoms with Crippen LogP contribution in [0.3, 0.4) is 0 Å². The molecular weight excluding hydrogens is 250 g/mol. The molecule has 1 aromatic carbocycles. The van der Waals surface area contributed by atoms with Crippen LogP contribution in [0, 0.1) is 0 Å². The van der Waals surface area contributed by atoms with Crippen molar-refractivity contribution in [3.8, 4) is 5.88 Å². The number of nitrogens with two attached hydrogens (primary N) is 1. The van der Waals surface area contributed by atoms with Crippen LogP contribution in [0.4, 0.5) is 0 Å². The summed E-state index contributed by atoms with van der Waals surface area (Å²) in [5, 5.41) is 1.10.